The molecule has 0 radical (unpaired) electrons. The number of hydrogen-bond acceptors (Lipinski definition) is 9. The quantitative estimate of drug-likeness (QED) is 0.332. The molecule has 1 aromatic rings. The van der Waals surface area contributed by atoms with Crippen molar-refractivity contribution in [3.63, 3.8) is 0 Å². The Labute approximate surface area is 228 Å². The second kappa shape index (κ2) is 9.11. The number of fused-ring (bicyclic) bond motifs is 5. The Hall–Kier alpha value is -2.30. The van der Waals surface area contributed by atoms with Crippen LogP contribution >= 0.6 is 0 Å². The van der Waals surface area contributed by atoms with E-state index in [1.807, 2.05) is 20.8 Å². The second-order valence-corrected chi connectivity index (χ2v) is 12.7. The van der Waals surface area contributed by atoms with Gasteiger partial charge in [0.2, 0.25) is 0 Å². The lowest BCUT2D eigenvalue weighted by Gasteiger charge is -2.69. The van der Waals surface area contributed by atoms with Gasteiger partial charge in [0.15, 0.2) is 5.60 Å². The number of hydrogen-bond donors (Lipinski definition) is 4. The fraction of sp³-hybridized carbons (Fsp3) is 0.667. The van der Waals surface area contributed by atoms with Crippen LogP contribution in [0.25, 0.3) is 0 Å². The van der Waals surface area contributed by atoms with Crippen LogP contribution in [0.5, 0.6) is 0 Å². The number of carbonyl (C=O) groups excluding carboxylic acids is 2. The molecule has 9 heteroatoms. The van der Waals surface area contributed by atoms with Crippen molar-refractivity contribution in [2.75, 3.05) is 6.61 Å². The third-order valence-corrected chi connectivity index (χ3v) is 10.5. The maximum atomic E-state index is 13.6. The highest BCUT2D eigenvalue weighted by molar-refractivity contribution is 5.89. The largest absolute Gasteiger partial charge is 0.455 e. The van der Waals surface area contributed by atoms with Gasteiger partial charge in [0, 0.05) is 36.5 Å². The van der Waals surface area contributed by atoms with Gasteiger partial charge in [-0.2, -0.15) is 0 Å². The first-order chi connectivity index (χ1) is 18.1. The number of esters is 2. The summed E-state index contributed by atoms with van der Waals surface area (Å²) in [6.45, 7) is 10.2. The molecule has 3 aliphatic carbocycles. The van der Waals surface area contributed by atoms with E-state index in [-0.39, 0.29) is 25.0 Å². The second-order valence-electron chi connectivity index (χ2n) is 12.7. The monoisotopic (exact) mass is 544 g/mol. The third-order valence-electron chi connectivity index (χ3n) is 10.5. The van der Waals surface area contributed by atoms with E-state index < -0.39 is 76.3 Å². The Morgan fingerprint density at radius 2 is 1.72 bits per heavy atom. The molecule has 39 heavy (non-hydrogen) atoms. The summed E-state index contributed by atoms with van der Waals surface area (Å²) < 4.78 is 18.1. The van der Waals surface area contributed by atoms with Gasteiger partial charge in [-0.05, 0) is 24.6 Å². The van der Waals surface area contributed by atoms with Crippen LogP contribution < -0.4 is 0 Å². The first-order valence-electron chi connectivity index (χ1n) is 13.7. The van der Waals surface area contributed by atoms with Gasteiger partial charge in [-0.1, -0.05) is 51.5 Å². The van der Waals surface area contributed by atoms with Gasteiger partial charge in [-0.25, -0.2) is 4.79 Å². The molecule has 0 spiro atoms. The van der Waals surface area contributed by atoms with E-state index in [4.69, 9.17) is 14.2 Å². The van der Waals surface area contributed by atoms with Crippen LogP contribution in [-0.4, -0.2) is 80.7 Å². The van der Waals surface area contributed by atoms with Gasteiger partial charge < -0.3 is 34.6 Å². The van der Waals surface area contributed by atoms with E-state index in [1.165, 1.54) is 6.92 Å². The molecule has 1 saturated heterocycles. The zero-order chi connectivity index (χ0) is 28.7. The summed E-state index contributed by atoms with van der Waals surface area (Å²) in [4.78, 5) is 26.1. The standard InChI is InChI=1S/C30H40O9/c1-15-19(32)13-30(36)25(38-26(35)18-10-8-7-9-11-18)23-28(6,24(34)16(2)22(15)27(30,4)5)20(33)12-21-29(23,14-37-21)39-17(3)31/h7-11,16,19-21,23-25,32-34,36H,12-14H2,1-6H3. The zero-order valence-corrected chi connectivity index (χ0v) is 23.4. The SMILES string of the molecule is CC(=O)OC12COC1CC(O)C1(C)C(O)C(C)C3=C(C)C(O)CC(O)(C(OC(=O)c4ccccc4)C21)C3(C)C. The molecule has 0 amide bonds. The normalized spacial score (nSPS) is 44.6. The van der Waals surface area contributed by atoms with Crippen molar-refractivity contribution in [2.45, 2.75) is 96.1 Å². The van der Waals surface area contributed by atoms with Gasteiger partial charge in [-0.15, -0.1) is 0 Å². The Bertz CT molecular complexity index is 1190. The Balaban J connectivity index is 1.80. The summed E-state index contributed by atoms with van der Waals surface area (Å²) >= 11 is 0. The summed E-state index contributed by atoms with van der Waals surface area (Å²) in [5.41, 5.74) is -4.19. The lowest BCUT2D eigenvalue weighted by Crippen LogP contribution is -2.81. The van der Waals surface area contributed by atoms with Crippen LogP contribution in [0.2, 0.25) is 0 Å². The van der Waals surface area contributed by atoms with E-state index in [2.05, 4.69) is 0 Å². The van der Waals surface area contributed by atoms with E-state index in [9.17, 15) is 30.0 Å². The van der Waals surface area contributed by atoms with Crippen molar-refractivity contribution in [2.24, 2.45) is 22.7 Å². The van der Waals surface area contributed by atoms with Gasteiger partial charge in [0.05, 0.1) is 36.4 Å². The molecule has 1 aliphatic heterocycles. The average Bonchev–Trinajstić information content (AvgIpc) is 2.87. The van der Waals surface area contributed by atoms with Gasteiger partial charge in [-0.3, -0.25) is 4.79 Å². The molecule has 3 fully saturated rings. The molecule has 10 unspecified atom stereocenters. The molecule has 1 heterocycles. The first kappa shape index (κ1) is 28.2. The Morgan fingerprint density at radius 1 is 1.08 bits per heavy atom. The molecule has 9 nitrogen and oxygen atoms in total. The topological polar surface area (TPSA) is 143 Å². The maximum Gasteiger partial charge on any atom is 0.338 e. The Kier molecular flexibility index (Phi) is 6.59. The highest BCUT2D eigenvalue weighted by Crippen LogP contribution is 2.65. The minimum Gasteiger partial charge on any atom is -0.455 e. The molecule has 1 aromatic carbocycles. The van der Waals surface area contributed by atoms with Gasteiger partial charge >= 0.3 is 11.9 Å². The van der Waals surface area contributed by atoms with Gasteiger partial charge in [0.25, 0.3) is 0 Å². The maximum absolute atomic E-state index is 13.6. The summed E-state index contributed by atoms with van der Waals surface area (Å²) in [7, 11) is 0. The number of aliphatic hydroxyl groups is 4. The Morgan fingerprint density at radius 3 is 2.28 bits per heavy atom. The summed E-state index contributed by atoms with van der Waals surface area (Å²) in [6.07, 6.45) is -5.60. The average molecular weight is 545 g/mol. The summed E-state index contributed by atoms with van der Waals surface area (Å²) in [5.74, 6) is -2.97. The number of carbonyl (C=O) groups is 2. The highest BCUT2D eigenvalue weighted by Gasteiger charge is 2.77. The van der Waals surface area contributed by atoms with E-state index in [0.29, 0.717) is 11.1 Å². The lowest BCUT2D eigenvalue weighted by atomic mass is 9.43. The molecule has 4 aliphatic rings. The van der Waals surface area contributed by atoms with Crippen LogP contribution in [0.4, 0.5) is 0 Å². The van der Waals surface area contributed by atoms with Gasteiger partial charge in [0.1, 0.15) is 17.8 Å². The fourth-order valence-corrected chi connectivity index (χ4v) is 8.41. The lowest BCUT2D eigenvalue weighted by molar-refractivity contribution is -0.363. The molecular weight excluding hydrogens is 504 g/mol. The van der Waals surface area contributed by atoms with Crippen molar-refractivity contribution < 1.29 is 44.2 Å². The van der Waals surface area contributed by atoms with Crippen LogP contribution in [0.3, 0.4) is 0 Å². The number of rotatable bonds is 3. The number of benzene rings is 1. The summed E-state index contributed by atoms with van der Waals surface area (Å²) in [5, 5.41) is 47.7. The molecule has 5 rings (SSSR count). The van der Waals surface area contributed by atoms with Crippen LogP contribution in [-0.2, 0) is 19.0 Å². The molecular formula is C30H40O9. The summed E-state index contributed by atoms with van der Waals surface area (Å²) in [6, 6.07) is 8.33. The van der Waals surface area contributed by atoms with Crippen molar-refractivity contribution in [3.05, 3.63) is 47.0 Å². The first-order valence-corrected chi connectivity index (χ1v) is 13.7. The predicted octanol–water partition coefficient (Wildman–Crippen LogP) is 2.15. The molecule has 214 valence electrons. The van der Waals surface area contributed by atoms with Crippen LogP contribution in [0.1, 0.15) is 64.7 Å². The third kappa shape index (κ3) is 3.70. The minimum atomic E-state index is -1.86. The minimum absolute atomic E-state index is 0.0501. The van der Waals surface area contributed by atoms with E-state index >= 15 is 0 Å². The molecule has 2 saturated carbocycles. The predicted molar refractivity (Wildman–Crippen MR) is 139 cm³/mol. The molecule has 10 atom stereocenters. The van der Waals surface area contributed by atoms with Crippen LogP contribution in [0.15, 0.2) is 41.5 Å². The van der Waals surface area contributed by atoms with Crippen molar-refractivity contribution in [1.29, 1.82) is 0 Å². The van der Waals surface area contributed by atoms with E-state index in [1.54, 1.807) is 44.2 Å². The smallest absolute Gasteiger partial charge is 0.338 e. The zero-order valence-electron chi connectivity index (χ0n) is 23.4. The van der Waals surface area contributed by atoms with Crippen LogP contribution in [0, 0.1) is 22.7 Å². The molecule has 4 N–H and O–H groups in total. The number of ether oxygens (including phenoxy) is 3. The van der Waals surface area contributed by atoms with Crippen molar-refractivity contribution >= 4 is 11.9 Å². The van der Waals surface area contributed by atoms with Crippen molar-refractivity contribution in [3.8, 4) is 0 Å². The molecule has 0 aromatic heterocycles. The highest BCUT2D eigenvalue weighted by atomic mass is 16.6. The van der Waals surface area contributed by atoms with E-state index in [0.717, 1.165) is 0 Å². The number of aliphatic hydroxyl groups excluding tert-OH is 3. The molecule has 2 bridgehead atoms. The fourth-order valence-electron chi connectivity index (χ4n) is 8.41. The van der Waals surface area contributed by atoms with Crippen molar-refractivity contribution in [1.82, 2.24) is 0 Å².